The number of rotatable bonds is 4. The number of fused-ring (bicyclic) bond motifs is 1. The van der Waals surface area contributed by atoms with E-state index in [-0.39, 0.29) is 12.1 Å². The monoisotopic (exact) mass is 345 g/mol. The minimum atomic E-state index is -0.0193. The Hall–Kier alpha value is -1.89. The van der Waals surface area contributed by atoms with Crippen molar-refractivity contribution < 1.29 is 4.74 Å². The van der Waals surface area contributed by atoms with Crippen LogP contribution in [0.1, 0.15) is 24.2 Å². The van der Waals surface area contributed by atoms with E-state index >= 15 is 0 Å². The zero-order valence-corrected chi connectivity index (χ0v) is 14.5. The van der Waals surface area contributed by atoms with E-state index in [9.17, 15) is 0 Å². The highest BCUT2D eigenvalue weighted by atomic mass is 35.5. The average molecular weight is 346 g/mol. The third kappa shape index (κ3) is 2.70. The van der Waals surface area contributed by atoms with Crippen molar-refractivity contribution in [2.75, 3.05) is 6.61 Å². The van der Waals surface area contributed by atoms with Gasteiger partial charge >= 0.3 is 0 Å². The summed E-state index contributed by atoms with van der Waals surface area (Å²) in [7, 11) is 4.01. The molecule has 3 aromatic rings. The topological polar surface area (TPSA) is 56.9 Å². The molecule has 1 fully saturated rings. The Morgan fingerprint density at radius 1 is 1.38 bits per heavy atom. The fourth-order valence-electron chi connectivity index (χ4n) is 3.30. The molecule has 126 valence electrons. The number of aryl methyl sites for hydroxylation is 2. The minimum Gasteiger partial charge on any atom is -0.369 e. The van der Waals surface area contributed by atoms with E-state index in [4.69, 9.17) is 21.3 Å². The molecule has 1 aliphatic heterocycles. The summed E-state index contributed by atoms with van der Waals surface area (Å²) in [5.41, 5.74) is 2.00. The standard InChI is InChI=1S/C17H20ClN5O/c1-22-7-6-19-17(22)16-13(5-8-24-16)20-10-15-21-12-4-3-11(18)9-14(12)23(15)2/h3-4,6-7,9,13,16,20H,5,8,10H2,1-2H3/t13-,16-/m0/s1. The summed E-state index contributed by atoms with van der Waals surface area (Å²) in [6.07, 6.45) is 4.70. The largest absolute Gasteiger partial charge is 0.369 e. The first kappa shape index (κ1) is 15.6. The smallest absolute Gasteiger partial charge is 0.139 e. The normalized spacial score (nSPS) is 21.0. The van der Waals surface area contributed by atoms with Gasteiger partial charge in [0.25, 0.3) is 0 Å². The van der Waals surface area contributed by atoms with Crippen LogP contribution in [0.5, 0.6) is 0 Å². The lowest BCUT2D eigenvalue weighted by Gasteiger charge is -2.19. The van der Waals surface area contributed by atoms with E-state index in [1.165, 1.54) is 0 Å². The van der Waals surface area contributed by atoms with Crippen molar-refractivity contribution in [1.82, 2.24) is 24.4 Å². The third-order valence-corrected chi connectivity index (χ3v) is 4.90. The molecule has 0 spiro atoms. The second kappa shape index (κ2) is 6.20. The molecule has 1 aromatic carbocycles. The summed E-state index contributed by atoms with van der Waals surface area (Å²) in [6.45, 7) is 1.42. The maximum absolute atomic E-state index is 6.09. The highest BCUT2D eigenvalue weighted by Gasteiger charge is 2.32. The Morgan fingerprint density at radius 2 is 2.25 bits per heavy atom. The molecule has 2 atom stereocenters. The van der Waals surface area contributed by atoms with Crippen LogP contribution in [0, 0.1) is 0 Å². The van der Waals surface area contributed by atoms with Gasteiger partial charge in [-0.2, -0.15) is 0 Å². The van der Waals surface area contributed by atoms with E-state index in [0.29, 0.717) is 6.54 Å². The van der Waals surface area contributed by atoms with Crippen molar-refractivity contribution in [3.05, 3.63) is 47.3 Å². The van der Waals surface area contributed by atoms with Gasteiger partial charge in [-0.1, -0.05) is 11.6 Å². The van der Waals surface area contributed by atoms with E-state index in [2.05, 4.69) is 14.9 Å². The van der Waals surface area contributed by atoms with Crippen LogP contribution in [-0.2, 0) is 25.4 Å². The van der Waals surface area contributed by atoms with Crippen LogP contribution in [0.2, 0.25) is 5.02 Å². The lowest BCUT2D eigenvalue weighted by molar-refractivity contribution is 0.0891. The average Bonchev–Trinajstić information content (AvgIpc) is 3.26. The first-order valence-electron chi connectivity index (χ1n) is 8.06. The molecule has 24 heavy (non-hydrogen) atoms. The van der Waals surface area contributed by atoms with Crippen LogP contribution in [0.4, 0.5) is 0 Å². The number of imidazole rings is 2. The van der Waals surface area contributed by atoms with E-state index in [1.807, 2.05) is 49.3 Å². The lowest BCUT2D eigenvalue weighted by atomic mass is 10.1. The molecule has 0 radical (unpaired) electrons. The Kier molecular flexibility index (Phi) is 4.04. The molecule has 2 aromatic heterocycles. The summed E-state index contributed by atoms with van der Waals surface area (Å²) in [4.78, 5) is 9.13. The predicted octanol–water partition coefficient (Wildman–Crippen LogP) is 2.58. The number of nitrogens with zero attached hydrogens (tertiary/aromatic N) is 4. The number of ether oxygens (including phenoxy) is 1. The zero-order chi connectivity index (χ0) is 16.7. The maximum Gasteiger partial charge on any atom is 0.139 e. The molecular weight excluding hydrogens is 326 g/mol. The number of aromatic nitrogens is 4. The molecule has 4 rings (SSSR count). The minimum absolute atomic E-state index is 0.0193. The quantitative estimate of drug-likeness (QED) is 0.789. The van der Waals surface area contributed by atoms with Gasteiger partial charge in [0, 0.05) is 44.2 Å². The van der Waals surface area contributed by atoms with Gasteiger partial charge in [-0.3, -0.25) is 0 Å². The maximum atomic E-state index is 6.09. The summed E-state index contributed by atoms with van der Waals surface area (Å²) in [5.74, 6) is 1.94. The van der Waals surface area contributed by atoms with Crippen molar-refractivity contribution in [3.8, 4) is 0 Å². The van der Waals surface area contributed by atoms with Gasteiger partial charge in [0.2, 0.25) is 0 Å². The van der Waals surface area contributed by atoms with Crippen LogP contribution >= 0.6 is 11.6 Å². The van der Waals surface area contributed by atoms with Gasteiger partial charge in [0.15, 0.2) is 0 Å². The molecule has 1 saturated heterocycles. The molecule has 0 amide bonds. The Bertz CT molecular complexity index is 871. The van der Waals surface area contributed by atoms with Crippen LogP contribution in [0.3, 0.4) is 0 Å². The fourth-order valence-corrected chi connectivity index (χ4v) is 3.46. The van der Waals surface area contributed by atoms with Crippen LogP contribution in [-0.4, -0.2) is 31.8 Å². The number of nitrogens with one attached hydrogen (secondary N) is 1. The van der Waals surface area contributed by atoms with Gasteiger partial charge in [0.05, 0.1) is 17.6 Å². The third-order valence-electron chi connectivity index (χ3n) is 4.66. The number of benzene rings is 1. The number of hydrogen-bond donors (Lipinski definition) is 1. The highest BCUT2D eigenvalue weighted by molar-refractivity contribution is 6.31. The summed E-state index contributed by atoms with van der Waals surface area (Å²) in [6, 6.07) is 6.00. The first-order valence-corrected chi connectivity index (χ1v) is 8.44. The molecule has 1 aliphatic rings. The first-order chi connectivity index (χ1) is 11.6. The molecule has 0 saturated carbocycles. The van der Waals surface area contributed by atoms with Crippen molar-refractivity contribution in [3.63, 3.8) is 0 Å². The van der Waals surface area contributed by atoms with Gasteiger partial charge < -0.3 is 19.2 Å². The van der Waals surface area contributed by atoms with Crippen molar-refractivity contribution in [1.29, 1.82) is 0 Å². The summed E-state index contributed by atoms with van der Waals surface area (Å²) in [5, 5.41) is 4.31. The number of hydrogen-bond acceptors (Lipinski definition) is 4. The molecule has 6 nitrogen and oxygen atoms in total. The molecule has 3 heterocycles. The van der Waals surface area contributed by atoms with E-state index in [0.717, 1.165) is 40.7 Å². The predicted molar refractivity (Wildman–Crippen MR) is 92.9 cm³/mol. The van der Waals surface area contributed by atoms with E-state index in [1.54, 1.807) is 0 Å². The zero-order valence-electron chi connectivity index (χ0n) is 13.7. The molecule has 1 N–H and O–H groups in total. The number of halogens is 1. The van der Waals surface area contributed by atoms with Gasteiger partial charge in [0.1, 0.15) is 17.8 Å². The second-order valence-electron chi connectivity index (χ2n) is 6.18. The van der Waals surface area contributed by atoms with Crippen LogP contribution in [0.15, 0.2) is 30.6 Å². The van der Waals surface area contributed by atoms with Gasteiger partial charge in [-0.25, -0.2) is 9.97 Å². The highest BCUT2D eigenvalue weighted by Crippen LogP contribution is 2.28. The molecule has 0 bridgehead atoms. The van der Waals surface area contributed by atoms with Crippen LogP contribution < -0.4 is 5.32 Å². The van der Waals surface area contributed by atoms with Crippen LogP contribution in [0.25, 0.3) is 11.0 Å². The SMILES string of the molecule is Cn1ccnc1[C@H]1OCC[C@@H]1NCc1nc2ccc(Cl)cc2n1C. The molecular formula is C17H20ClN5O. The Balaban J connectivity index is 1.52. The van der Waals surface area contributed by atoms with Crippen molar-refractivity contribution in [2.24, 2.45) is 14.1 Å². The van der Waals surface area contributed by atoms with Gasteiger partial charge in [-0.15, -0.1) is 0 Å². The summed E-state index contributed by atoms with van der Waals surface area (Å²) < 4.78 is 9.99. The fraction of sp³-hybridized carbons (Fsp3) is 0.412. The molecule has 0 aliphatic carbocycles. The summed E-state index contributed by atoms with van der Waals surface area (Å²) >= 11 is 6.09. The second-order valence-corrected chi connectivity index (χ2v) is 6.62. The Labute approximate surface area is 145 Å². The van der Waals surface area contributed by atoms with Crippen molar-refractivity contribution >= 4 is 22.6 Å². The molecule has 0 unspecified atom stereocenters. The van der Waals surface area contributed by atoms with Crippen molar-refractivity contribution in [2.45, 2.75) is 25.1 Å². The molecule has 7 heteroatoms. The Morgan fingerprint density at radius 3 is 3.04 bits per heavy atom. The lowest BCUT2D eigenvalue weighted by Crippen LogP contribution is -2.33. The van der Waals surface area contributed by atoms with E-state index < -0.39 is 0 Å². The van der Waals surface area contributed by atoms with Gasteiger partial charge in [-0.05, 0) is 24.6 Å².